The summed E-state index contributed by atoms with van der Waals surface area (Å²) in [5.74, 6) is -1.29. The van der Waals surface area contributed by atoms with Gasteiger partial charge in [-0.3, -0.25) is 14.9 Å². The number of benzene rings is 2. The summed E-state index contributed by atoms with van der Waals surface area (Å²) in [6.07, 6.45) is 1.50. The van der Waals surface area contributed by atoms with Gasteiger partial charge >= 0.3 is 5.97 Å². The molecule has 0 spiro atoms. The van der Waals surface area contributed by atoms with Gasteiger partial charge in [-0.2, -0.15) is 0 Å². The lowest BCUT2D eigenvalue weighted by Gasteiger charge is -2.36. The lowest BCUT2D eigenvalue weighted by molar-refractivity contribution is -0.385. The SMILES string of the molecule is CC1=C(C(=O)OCCc2ccccc2)C(c2ccc(C)c([N+](=O)[O-])c2)C2=C(CC(c3cccs3)CC2=O)N1. The third-order valence-electron chi connectivity index (χ3n) is 7.22. The highest BCUT2D eigenvalue weighted by Gasteiger charge is 2.42. The van der Waals surface area contributed by atoms with Crippen molar-refractivity contribution in [2.75, 3.05) is 6.61 Å². The molecule has 1 aliphatic carbocycles. The summed E-state index contributed by atoms with van der Waals surface area (Å²) in [6, 6.07) is 18.7. The highest BCUT2D eigenvalue weighted by Crippen LogP contribution is 2.46. The van der Waals surface area contributed by atoms with Crippen molar-refractivity contribution < 1.29 is 19.2 Å². The molecule has 7 nitrogen and oxygen atoms in total. The molecule has 2 atom stereocenters. The maximum absolute atomic E-state index is 13.7. The van der Waals surface area contributed by atoms with Crippen LogP contribution < -0.4 is 5.32 Å². The Kier molecular flexibility index (Phi) is 7.24. The van der Waals surface area contributed by atoms with Crippen LogP contribution in [-0.4, -0.2) is 23.3 Å². The fourth-order valence-electron chi connectivity index (χ4n) is 5.35. The van der Waals surface area contributed by atoms with Gasteiger partial charge in [-0.15, -0.1) is 11.3 Å². The Hall–Kier alpha value is -4.04. The number of nitro groups is 1. The first-order valence-electron chi connectivity index (χ1n) is 12.6. The zero-order valence-corrected chi connectivity index (χ0v) is 22.0. The van der Waals surface area contributed by atoms with E-state index in [1.807, 2.05) is 47.8 Å². The summed E-state index contributed by atoms with van der Waals surface area (Å²) in [4.78, 5) is 39.6. The molecule has 2 unspecified atom stereocenters. The lowest BCUT2D eigenvalue weighted by Crippen LogP contribution is -2.36. The minimum absolute atomic E-state index is 0.0441. The van der Waals surface area contributed by atoms with Gasteiger partial charge in [0.25, 0.3) is 5.69 Å². The van der Waals surface area contributed by atoms with E-state index >= 15 is 0 Å². The molecule has 2 aliphatic rings. The molecule has 1 aromatic heterocycles. The summed E-state index contributed by atoms with van der Waals surface area (Å²) in [6.45, 7) is 3.65. The van der Waals surface area contributed by atoms with Crippen LogP contribution in [0.4, 0.5) is 5.69 Å². The molecule has 2 aromatic carbocycles. The van der Waals surface area contributed by atoms with E-state index in [0.29, 0.717) is 47.2 Å². The molecule has 0 radical (unpaired) electrons. The topological polar surface area (TPSA) is 98.5 Å². The number of hydrogen-bond donors (Lipinski definition) is 1. The Morgan fingerprint density at radius 3 is 2.61 bits per heavy atom. The molecular weight excluding hydrogens is 500 g/mol. The number of hydrogen-bond acceptors (Lipinski definition) is 7. The van der Waals surface area contributed by atoms with Crippen LogP contribution in [0.2, 0.25) is 0 Å². The summed E-state index contributed by atoms with van der Waals surface area (Å²) in [5.41, 5.74) is 4.24. The molecule has 194 valence electrons. The molecule has 1 aliphatic heterocycles. The summed E-state index contributed by atoms with van der Waals surface area (Å²) < 4.78 is 5.70. The normalized spacial score (nSPS) is 19.2. The van der Waals surface area contributed by atoms with Crippen LogP contribution in [0.3, 0.4) is 0 Å². The molecule has 2 heterocycles. The van der Waals surface area contributed by atoms with E-state index in [2.05, 4.69) is 5.32 Å². The largest absolute Gasteiger partial charge is 0.462 e. The third kappa shape index (κ3) is 5.04. The molecule has 5 rings (SSSR count). The number of nitrogens with one attached hydrogen (secondary N) is 1. The van der Waals surface area contributed by atoms with Crippen molar-refractivity contribution in [3.63, 3.8) is 0 Å². The summed E-state index contributed by atoms with van der Waals surface area (Å²) >= 11 is 1.62. The Labute approximate surface area is 225 Å². The zero-order valence-electron chi connectivity index (χ0n) is 21.2. The zero-order chi connectivity index (χ0) is 26.8. The number of nitro benzene ring substituents is 1. The number of carbonyl (C=O) groups is 2. The van der Waals surface area contributed by atoms with E-state index in [-0.39, 0.29) is 24.0 Å². The second kappa shape index (κ2) is 10.8. The molecule has 38 heavy (non-hydrogen) atoms. The van der Waals surface area contributed by atoms with Gasteiger partial charge in [0.05, 0.1) is 17.1 Å². The molecule has 3 aromatic rings. The number of rotatable bonds is 7. The van der Waals surface area contributed by atoms with E-state index in [9.17, 15) is 19.7 Å². The van der Waals surface area contributed by atoms with Crippen LogP contribution in [0.25, 0.3) is 0 Å². The van der Waals surface area contributed by atoms with Gasteiger partial charge in [-0.05, 0) is 42.8 Å². The van der Waals surface area contributed by atoms with Gasteiger partial charge < -0.3 is 10.1 Å². The molecule has 1 N–H and O–H groups in total. The van der Waals surface area contributed by atoms with Crippen molar-refractivity contribution in [3.05, 3.63) is 120 Å². The van der Waals surface area contributed by atoms with Crippen molar-refractivity contribution in [1.29, 1.82) is 0 Å². The molecule has 0 bridgehead atoms. The van der Waals surface area contributed by atoms with Crippen molar-refractivity contribution in [3.8, 4) is 0 Å². The molecule has 0 amide bonds. The first-order valence-corrected chi connectivity index (χ1v) is 13.4. The minimum Gasteiger partial charge on any atom is -0.462 e. The monoisotopic (exact) mass is 528 g/mol. The number of dihydropyridines is 1. The van der Waals surface area contributed by atoms with E-state index in [0.717, 1.165) is 16.1 Å². The Morgan fingerprint density at radius 2 is 1.89 bits per heavy atom. The second-order valence-electron chi connectivity index (χ2n) is 9.71. The van der Waals surface area contributed by atoms with Crippen molar-refractivity contribution >= 4 is 28.8 Å². The van der Waals surface area contributed by atoms with Gasteiger partial charge in [0, 0.05) is 58.2 Å². The molecule has 0 saturated carbocycles. The molecule has 8 heteroatoms. The highest BCUT2D eigenvalue weighted by atomic mass is 32.1. The number of nitrogens with zero attached hydrogens (tertiary/aromatic N) is 1. The number of ether oxygens (including phenoxy) is 1. The number of allylic oxidation sites excluding steroid dienone is 3. The Morgan fingerprint density at radius 1 is 1.11 bits per heavy atom. The highest BCUT2D eigenvalue weighted by molar-refractivity contribution is 7.10. The second-order valence-corrected chi connectivity index (χ2v) is 10.7. The average molecular weight is 529 g/mol. The van der Waals surface area contributed by atoms with Crippen LogP contribution in [0.1, 0.15) is 53.2 Å². The van der Waals surface area contributed by atoms with Crippen molar-refractivity contribution in [2.24, 2.45) is 0 Å². The van der Waals surface area contributed by atoms with E-state index in [4.69, 9.17) is 4.74 Å². The number of carbonyl (C=O) groups excluding carboxylic acids is 2. The van der Waals surface area contributed by atoms with Crippen LogP contribution in [0, 0.1) is 17.0 Å². The van der Waals surface area contributed by atoms with Gasteiger partial charge in [-0.1, -0.05) is 48.5 Å². The van der Waals surface area contributed by atoms with Gasteiger partial charge in [0.15, 0.2) is 5.78 Å². The first-order chi connectivity index (χ1) is 18.3. The van der Waals surface area contributed by atoms with Gasteiger partial charge in [0.1, 0.15) is 0 Å². The quantitative estimate of drug-likeness (QED) is 0.226. The predicted octanol–water partition coefficient (Wildman–Crippen LogP) is 6.11. The fraction of sp³-hybridized carbons (Fsp3) is 0.267. The molecule has 0 saturated heterocycles. The van der Waals surface area contributed by atoms with Gasteiger partial charge in [-0.25, -0.2) is 4.79 Å². The van der Waals surface area contributed by atoms with Gasteiger partial charge in [0.2, 0.25) is 0 Å². The number of Topliss-reactive ketones (excluding diaryl/α,β-unsaturated/α-hetero) is 1. The maximum Gasteiger partial charge on any atom is 0.336 e. The molecule has 0 fully saturated rings. The number of thiophene rings is 1. The first kappa shape index (κ1) is 25.6. The maximum atomic E-state index is 13.7. The van der Waals surface area contributed by atoms with Crippen LogP contribution in [-0.2, 0) is 20.7 Å². The molecular formula is C30H28N2O5S. The smallest absolute Gasteiger partial charge is 0.336 e. The Bertz CT molecular complexity index is 1460. The van der Waals surface area contributed by atoms with Crippen LogP contribution >= 0.6 is 11.3 Å². The third-order valence-corrected chi connectivity index (χ3v) is 8.26. The number of esters is 1. The van der Waals surface area contributed by atoms with E-state index in [1.54, 1.807) is 37.3 Å². The van der Waals surface area contributed by atoms with Crippen LogP contribution in [0.15, 0.2) is 88.6 Å². The minimum atomic E-state index is -0.744. The summed E-state index contributed by atoms with van der Waals surface area (Å²) in [7, 11) is 0. The predicted molar refractivity (Wildman–Crippen MR) is 146 cm³/mol. The standard InChI is InChI=1S/C30H28N2O5S/c1-18-10-11-21(16-24(18)32(35)36)28-27(30(34)37-13-12-20-7-4-3-5-8-20)19(2)31-23-15-22(17-25(33)29(23)28)26-9-6-14-38-26/h3-11,14,16,22,28,31H,12-13,15,17H2,1-2H3. The Balaban J connectivity index is 1.52. The lowest BCUT2D eigenvalue weighted by atomic mass is 9.72. The fourth-order valence-corrected chi connectivity index (χ4v) is 6.18. The average Bonchev–Trinajstić information content (AvgIpc) is 3.44. The van der Waals surface area contributed by atoms with E-state index in [1.165, 1.54) is 6.07 Å². The summed E-state index contributed by atoms with van der Waals surface area (Å²) in [5, 5.41) is 17.1. The number of aryl methyl sites for hydroxylation is 1. The number of ketones is 1. The van der Waals surface area contributed by atoms with E-state index < -0.39 is 16.8 Å². The van der Waals surface area contributed by atoms with Crippen molar-refractivity contribution in [1.82, 2.24) is 5.32 Å². The van der Waals surface area contributed by atoms with Crippen LogP contribution in [0.5, 0.6) is 0 Å². The van der Waals surface area contributed by atoms with Crippen molar-refractivity contribution in [2.45, 2.75) is 44.9 Å².